The van der Waals surface area contributed by atoms with Crippen LogP contribution in [0, 0.1) is 6.92 Å². The molecule has 0 saturated carbocycles. The predicted molar refractivity (Wildman–Crippen MR) is 86.3 cm³/mol. The molecule has 120 valence electrons. The van der Waals surface area contributed by atoms with Gasteiger partial charge in [0.05, 0.1) is 0 Å². The molecule has 3 aromatic heterocycles. The molecule has 0 bridgehead atoms. The molecular weight excluding hydrogens is 316 g/mol. The van der Waals surface area contributed by atoms with Crippen molar-refractivity contribution in [3.63, 3.8) is 0 Å². The van der Waals surface area contributed by atoms with Crippen LogP contribution < -0.4 is 5.32 Å². The van der Waals surface area contributed by atoms with E-state index >= 15 is 0 Å². The summed E-state index contributed by atoms with van der Waals surface area (Å²) in [5, 5.41) is 11.7. The Bertz CT molecular complexity index is 798. The number of pyridine rings is 1. The Labute approximate surface area is 139 Å². The highest BCUT2D eigenvalue weighted by Crippen LogP contribution is 2.28. The zero-order chi connectivity index (χ0) is 14.9. The predicted octanol–water partition coefficient (Wildman–Crippen LogP) is 1.75. The smallest absolute Gasteiger partial charge is 0.248 e. The molecule has 4 heterocycles. The Morgan fingerprint density at radius 2 is 2.30 bits per heavy atom. The zero-order valence-electron chi connectivity index (χ0n) is 12.7. The van der Waals surface area contributed by atoms with Gasteiger partial charge in [-0.05, 0) is 37.1 Å². The molecule has 1 aliphatic rings. The van der Waals surface area contributed by atoms with Crippen LogP contribution in [-0.2, 0) is 19.5 Å². The lowest BCUT2D eigenvalue weighted by molar-refractivity contribution is 0.366. The van der Waals surface area contributed by atoms with E-state index in [2.05, 4.69) is 25.5 Å². The van der Waals surface area contributed by atoms with Crippen molar-refractivity contribution in [2.75, 3.05) is 6.54 Å². The molecule has 3 aromatic rings. The summed E-state index contributed by atoms with van der Waals surface area (Å²) in [5.41, 5.74) is 4.43. The lowest BCUT2D eigenvalue weighted by atomic mass is 9.95. The lowest BCUT2D eigenvalue weighted by Crippen LogP contribution is -2.24. The molecule has 23 heavy (non-hydrogen) atoms. The highest BCUT2D eigenvalue weighted by molar-refractivity contribution is 5.85. The summed E-state index contributed by atoms with van der Waals surface area (Å²) < 4.78 is 7.13. The monoisotopic (exact) mass is 332 g/mol. The largest absolute Gasteiger partial charge is 0.337 e. The van der Waals surface area contributed by atoms with Crippen LogP contribution >= 0.6 is 12.4 Å². The molecule has 7 nitrogen and oxygen atoms in total. The standard InChI is InChI=1S/C15H16N6O.ClH/c1-10-14(12-3-5-16-7-11(12)8-17-10)15-19-13(22-20-15)9-21-6-2-4-18-21;/h2,4,6,8,16H,3,5,7,9H2,1H3;1H. The Balaban J connectivity index is 0.00000156. The van der Waals surface area contributed by atoms with Crippen LogP contribution in [0.2, 0.25) is 0 Å². The van der Waals surface area contributed by atoms with Gasteiger partial charge in [0.15, 0.2) is 0 Å². The highest BCUT2D eigenvalue weighted by Gasteiger charge is 2.21. The number of hydrogen-bond donors (Lipinski definition) is 1. The third-order valence-corrected chi connectivity index (χ3v) is 3.88. The van der Waals surface area contributed by atoms with E-state index in [9.17, 15) is 0 Å². The van der Waals surface area contributed by atoms with Gasteiger partial charge in [0, 0.05) is 36.4 Å². The van der Waals surface area contributed by atoms with Crippen molar-refractivity contribution in [1.82, 2.24) is 30.2 Å². The molecular formula is C15H17ClN6O. The molecule has 0 fully saturated rings. The minimum absolute atomic E-state index is 0. The van der Waals surface area contributed by atoms with E-state index in [0.717, 1.165) is 30.8 Å². The Morgan fingerprint density at radius 1 is 1.39 bits per heavy atom. The maximum Gasteiger partial charge on any atom is 0.248 e. The van der Waals surface area contributed by atoms with Gasteiger partial charge < -0.3 is 9.84 Å². The number of fused-ring (bicyclic) bond motifs is 1. The average molecular weight is 333 g/mol. The van der Waals surface area contributed by atoms with Gasteiger partial charge >= 0.3 is 0 Å². The number of nitrogens with one attached hydrogen (secondary N) is 1. The Kier molecular flexibility index (Phi) is 4.40. The number of nitrogens with zero attached hydrogens (tertiary/aromatic N) is 5. The molecule has 1 aliphatic heterocycles. The van der Waals surface area contributed by atoms with Gasteiger partial charge in [-0.3, -0.25) is 9.67 Å². The summed E-state index contributed by atoms with van der Waals surface area (Å²) in [6.07, 6.45) is 6.49. The van der Waals surface area contributed by atoms with Crippen LogP contribution in [-0.4, -0.2) is 31.4 Å². The minimum atomic E-state index is 0. The topological polar surface area (TPSA) is 81.7 Å². The first-order valence-corrected chi connectivity index (χ1v) is 7.30. The first kappa shape index (κ1) is 15.6. The second-order valence-corrected chi connectivity index (χ2v) is 5.36. The van der Waals surface area contributed by atoms with Gasteiger partial charge in [0.25, 0.3) is 0 Å². The third kappa shape index (κ3) is 2.97. The summed E-state index contributed by atoms with van der Waals surface area (Å²) in [5.74, 6) is 1.16. The van der Waals surface area contributed by atoms with Crippen molar-refractivity contribution in [2.24, 2.45) is 0 Å². The van der Waals surface area contributed by atoms with Crippen LogP contribution in [0.4, 0.5) is 0 Å². The van der Waals surface area contributed by atoms with Crippen molar-refractivity contribution in [3.05, 3.63) is 47.4 Å². The maximum absolute atomic E-state index is 5.37. The van der Waals surface area contributed by atoms with E-state index in [1.54, 1.807) is 10.9 Å². The highest BCUT2D eigenvalue weighted by atomic mass is 35.5. The van der Waals surface area contributed by atoms with Crippen molar-refractivity contribution in [1.29, 1.82) is 0 Å². The van der Waals surface area contributed by atoms with Gasteiger partial charge in [-0.1, -0.05) is 5.16 Å². The molecule has 8 heteroatoms. The molecule has 0 radical (unpaired) electrons. The van der Waals surface area contributed by atoms with Crippen LogP contribution in [0.25, 0.3) is 11.4 Å². The Morgan fingerprint density at radius 3 is 3.13 bits per heavy atom. The quantitative estimate of drug-likeness (QED) is 0.787. The Hall–Kier alpha value is -2.25. The van der Waals surface area contributed by atoms with Gasteiger partial charge in [0.2, 0.25) is 11.7 Å². The van der Waals surface area contributed by atoms with Crippen LogP contribution in [0.15, 0.2) is 29.2 Å². The molecule has 0 saturated heterocycles. The molecule has 0 aromatic carbocycles. The molecule has 0 atom stereocenters. The van der Waals surface area contributed by atoms with E-state index in [1.807, 2.05) is 25.4 Å². The molecule has 4 rings (SSSR count). The van der Waals surface area contributed by atoms with E-state index in [-0.39, 0.29) is 12.4 Å². The van der Waals surface area contributed by atoms with E-state index in [0.29, 0.717) is 18.3 Å². The number of aromatic nitrogens is 5. The van der Waals surface area contributed by atoms with Crippen molar-refractivity contribution >= 4 is 12.4 Å². The first-order chi connectivity index (χ1) is 10.8. The zero-order valence-corrected chi connectivity index (χ0v) is 13.5. The number of aryl methyl sites for hydroxylation is 1. The van der Waals surface area contributed by atoms with Gasteiger partial charge in [-0.15, -0.1) is 12.4 Å². The van der Waals surface area contributed by atoms with Gasteiger partial charge in [-0.2, -0.15) is 10.1 Å². The summed E-state index contributed by atoms with van der Waals surface area (Å²) >= 11 is 0. The first-order valence-electron chi connectivity index (χ1n) is 7.30. The fourth-order valence-corrected chi connectivity index (χ4v) is 2.82. The molecule has 0 amide bonds. The van der Waals surface area contributed by atoms with Gasteiger partial charge in [-0.25, -0.2) is 0 Å². The van der Waals surface area contributed by atoms with Crippen molar-refractivity contribution < 1.29 is 4.52 Å². The van der Waals surface area contributed by atoms with Crippen molar-refractivity contribution in [3.8, 4) is 11.4 Å². The average Bonchev–Trinajstić information content (AvgIpc) is 3.20. The van der Waals surface area contributed by atoms with Crippen LogP contribution in [0.5, 0.6) is 0 Å². The summed E-state index contributed by atoms with van der Waals surface area (Å²) in [4.78, 5) is 9.00. The third-order valence-electron chi connectivity index (χ3n) is 3.88. The minimum Gasteiger partial charge on any atom is -0.337 e. The number of halogens is 1. The molecule has 0 spiro atoms. The fraction of sp³-hybridized carbons (Fsp3) is 0.333. The molecule has 0 aliphatic carbocycles. The van der Waals surface area contributed by atoms with Crippen LogP contribution in [0.3, 0.4) is 0 Å². The summed E-state index contributed by atoms with van der Waals surface area (Å²) in [6.45, 7) is 4.26. The fourth-order valence-electron chi connectivity index (χ4n) is 2.82. The molecule has 1 N–H and O–H groups in total. The van der Waals surface area contributed by atoms with Gasteiger partial charge in [0.1, 0.15) is 6.54 Å². The van der Waals surface area contributed by atoms with E-state index < -0.39 is 0 Å². The van der Waals surface area contributed by atoms with E-state index in [4.69, 9.17) is 4.52 Å². The number of rotatable bonds is 3. The van der Waals surface area contributed by atoms with E-state index in [1.165, 1.54) is 11.1 Å². The van der Waals surface area contributed by atoms with Crippen LogP contribution in [0.1, 0.15) is 22.7 Å². The summed E-state index contributed by atoms with van der Waals surface area (Å²) in [6, 6.07) is 1.87. The molecule has 0 unspecified atom stereocenters. The maximum atomic E-state index is 5.37. The number of hydrogen-bond acceptors (Lipinski definition) is 6. The SMILES string of the molecule is Cc1ncc2c(c1-c1noc(Cn3cccn3)n1)CCNC2.Cl. The normalized spacial score (nSPS) is 13.4. The van der Waals surface area contributed by atoms with Crippen molar-refractivity contribution in [2.45, 2.75) is 26.4 Å². The second-order valence-electron chi connectivity index (χ2n) is 5.36. The lowest BCUT2D eigenvalue weighted by Gasteiger charge is -2.19. The summed E-state index contributed by atoms with van der Waals surface area (Å²) in [7, 11) is 0. The second kappa shape index (κ2) is 6.47.